The van der Waals surface area contributed by atoms with Crippen molar-refractivity contribution in [2.75, 3.05) is 0 Å². The normalized spacial score (nSPS) is 22.0. The van der Waals surface area contributed by atoms with Gasteiger partial charge in [-0.3, -0.25) is 0 Å². The standard InChI is InChI=1S/C13H18.C9H12.2CH3.2ClH.Zr/c1-11-6-8-13(9-7-11)10-12-4-2-3-5-12;1-2-5-9-7-3-6-8(9)4-1;;;;;/h6-9,12H,2-5,10H2,1H3;1-2,4-5,8-9H,3,6-7H2;2*1H3;2*1H;/q;;2*-1;;;+4/p-2. The number of hydrogen-bond donors (Lipinski definition) is 0. The predicted molar refractivity (Wildman–Crippen MR) is 120 cm³/mol. The molecule has 1 aromatic carbocycles. The van der Waals surface area contributed by atoms with Gasteiger partial charge in [0.25, 0.3) is 0 Å². The first kappa shape index (κ1) is 27.2. The van der Waals surface area contributed by atoms with Crippen LogP contribution in [0.15, 0.2) is 48.6 Å². The molecule has 4 rings (SSSR count). The van der Waals surface area contributed by atoms with Crippen molar-refractivity contribution in [1.29, 1.82) is 0 Å². The maximum absolute atomic E-state index is 4.93. The molecule has 0 nitrogen and oxygen atoms in total. The molecular formula is C24H36Cl2Zr. The van der Waals surface area contributed by atoms with Crippen molar-refractivity contribution in [1.82, 2.24) is 0 Å². The first-order valence-electron chi connectivity index (χ1n) is 9.59. The summed E-state index contributed by atoms with van der Waals surface area (Å²) in [5.74, 6) is 2.77. The van der Waals surface area contributed by atoms with Crippen LogP contribution in [0.4, 0.5) is 0 Å². The van der Waals surface area contributed by atoms with E-state index < -0.39 is 20.8 Å². The van der Waals surface area contributed by atoms with E-state index >= 15 is 0 Å². The fraction of sp³-hybridized carbons (Fsp3) is 0.500. The summed E-state index contributed by atoms with van der Waals surface area (Å²) in [6.07, 6.45) is 20.5. The molecule has 0 spiro atoms. The Morgan fingerprint density at radius 3 is 1.78 bits per heavy atom. The molecule has 0 saturated heterocycles. The Labute approximate surface area is 187 Å². The van der Waals surface area contributed by atoms with Gasteiger partial charge in [0.15, 0.2) is 0 Å². The topological polar surface area (TPSA) is 0 Å². The molecule has 0 aliphatic heterocycles. The summed E-state index contributed by atoms with van der Waals surface area (Å²) in [7, 11) is 9.87. The van der Waals surface area contributed by atoms with Crippen molar-refractivity contribution >= 4 is 17.0 Å². The van der Waals surface area contributed by atoms with Gasteiger partial charge in [0.2, 0.25) is 0 Å². The third-order valence-corrected chi connectivity index (χ3v) is 5.57. The molecule has 0 N–H and O–H groups in total. The molecule has 3 aliphatic carbocycles. The second kappa shape index (κ2) is 16.0. The molecule has 3 heteroatoms. The number of rotatable bonds is 2. The van der Waals surface area contributed by atoms with Crippen molar-refractivity contribution < 1.29 is 20.8 Å². The van der Waals surface area contributed by atoms with Crippen molar-refractivity contribution in [2.45, 2.75) is 58.3 Å². The van der Waals surface area contributed by atoms with Crippen LogP contribution in [0.1, 0.15) is 56.1 Å². The van der Waals surface area contributed by atoms with Crippen LogP contribution in [0, 0.1) is 39.5 Å². The number of hydrogen-bond acceptors (Lipinski definition) is 0. The van der Waals surface area contributed by atoms with Gasteiger partial charge in [-0.2, -0.15) is 0 Å². The van der Waals surface area contributed by atoms with E-state index in [2.05, 4.69) is 55.5 Å². The average Bonchev–Trinajstić information content (AvgIpc) is 3.30. The second-order valence-corrected chi connectivity index (χ2v) is 11.2. The monoisotopic (exact) mass is 484 g/mol. The molecule has 2 atom stereocenters. The maximum atomic E-state index is 4.93. The Hall–Kier alpha value is 0.163. The molecule has 2 unspecified atom stereocenters. The van der Waals surface area contributed by atoms with Crippen LogP contribution < -0.4 is 0 Å². The van der Waals surface area contributed by atoms with E-state index in [0.717, 1.165) is 17.8 Å². The van der Waals surface area contributed by atoms with Crippen molar-refractivity contribution in [3.05, 3.63) is 74.5 Å². The summed E-state index contributed by atoms with van der Waals surface area (Å²) in [6, 6.07) is 9.02. The molecule has 0 bridgehead atoms. The quantitative estimate of drug-likeness (QED) is 0.367. The summed E-state index contributed by atoms with van der Waals surface area (Å²) in [6.45, 7) is 2.15. The van der Waals surface area contributed by atoms with Crippen LogP contribution in [0.2, 0.25) is 0 Å². The average molecular weight is 487 g/mol. The van der Waals surface area contributed by atoms with E-state index in [1.54, 1.807) is 0 Å². The Morgan fingerprint density at radius 1 is 0.815 bits per heavy atom. The third-order valence-electron chi connectivity index (χ3n) is 5.57. The molecule has 0 heterocycles. The molecule has 0 amide bonds. The second-order valence-electron chi connectivity index (χ2n) is 7.44. The summed E-state index contributed by atoms with van der Waals surface area (Å²) >= 11 is -0.826. The van der Waals surface area contributed by atoms with Crippen LogP contribution in [0.3, 0.4) is 0 Å². The van der Waals surface area contributed by atoms with Gasteiger partial charge in [0.1, 0.15) is 0 Å². The molecule has 27 heavy (non-hydrogen) atoms. The van der Waals surface area contributed by atoms with E-state index in [-0.39, 0.29) is 14.9 Å². The number of aryl methyl sites for hydroxylation is 1. The van der Waals surface area contributed by atoms with Gasteiger partial charge in [-0.25, -0.2) is 0 Å². The summed E-state index contributed by atoms with van der Waals surface area (Å²) < 4.78 is 0. The Morgan fingerprint density at radius 2 is 1.30 bits per heavy atom. The van der Waals surface area contributed by atoms with Gasteiger partial charge >= 0.3 is 37.9 Å². The van der Waals surface area contributed by atoms with Gasteiger partial charge in [-0.1, -0.05) is 86.2 Å². The van der Waals surface area contributed by atoms with Gasteiger partial charge in [0.05, 0.1) is 0 Å². The Kier molecular flexibility index (Phi) is 16.1. The number of allylic oxidation sites excluding steroid dienone is 4. The van der Waals surface area contributed by atoms with E-state index in [0.29, 0.717) is 0 Å². The van der Waals surface area contributed by atoms with E-state index in [1.165, 1.54) is 62.5 Å². The van der Waals surface area contributed by atoms with Crippen LogP contribution in [-0.4, -0.2) is 0 Å². The summed E-state index contributed by atoms with van der Waals surface area (Å²) in [5, 5.41) is 0. The zero-order valence-electron chi connectivity index (χ0n) is 17.3. The molecule has 2 saturated carbocycles. The zero-order chi connectivity index (χ0) is 17.9. The van der Waals surface area contributed by atoms with Crippen molar-refractivity contribution in [3.63, 3.8) is 0 Å². The zero-order valence-corrected chi connectivity index (χ0v) is 21.2. The third kappa shape index (κ3) is 10.5. The van der Waals surface area contributed by atoms with Crippen LogP contribution >= 0.6 is 17.0 Å². The first-order valence-corrected chi connectivity index (χ1v) is 15.9. The first-order chi connectivity index (χ1) is 12.2. The minimum atomic E-state index is -0.826. The minimum absolute atomic E-state index is 0. The number of halogens is 2. The van der Waals surface area contributed by atoms with E-state index in [4.69, 9.17) is 17.0 Å². The fourth-order valence-electron chi connectivity index (χ4n) is 4.18. The van der Waals surface area contributed by atoms with Crippen LogP contribution in [0.5, 0.6) is 0 Å². The number of benzene rings is 1. The summed E-state index contributed by atoms with van der Waals surface area (Å²) in [4.78, 5) is 0. The van der Waals surface area contributed by atoms with Crippen LogP contribution in [0.25, 0.3) is 0 Å². The Balaban J connectivity index is 0.000000426. The SMILES string of the molecule is C1=CC2CCCC2C=C1.Cc1ccc(CC2CCCC2)cc1.[CH3-].[CH3-].[Cl][Zr+2][Cl]. The van der Waals surface area contributed by atoms with Crippen LogP contribution in [-0.2, 0) is 27.3 Å². The number of fused-ring (bicyclic) bond motifs is 1. The fourth-order valence-corrected chi connectivity index (χ4v) is 4.18. The van der Waals surface area contributed by atoms with Crippen molar-refractivity contribution in [2.24, 2.45) is 17.8 Å². The molecular weight excluding hydrogens is 450 g/mol. The van der Waals surface area contributed by atoms with Gasteiger partial charge in [0, 0.05) is 0 Å². The molecule has 3 aliphatic rings. The van der Waals surface area contributed by atoms with Gasteiger partial charge in [-0.15, -0.1) is 0 Å². The molecule has 1 aromatic rings. The predicted octanol–water partition coefficient (Wildman–Crippen LogP) is 8.53. The Bertz CT molecular complexity index is 512. The van der Waals surface area contributed by atoms with E-state index in [1.807, 2.05) is 0 Å². The molecule has 0 aromatic heterocycles. The molecule has 0 radical (unpaired) electrons. The molecule has 2 fully saturated rings. The molecule has 150 valence electrons. The summed E-state index contributed by atoms with van der Waals surface area (Å²) in [5.41, 5.74) is 2.90. The van der Waals surface area contributed by atoms with Crippen molar-refractivity contribution in [3.8, 4) is 0 Å². The van der Waals surface area contributed by atoms with Gasteiger partial charge < -0.3 is 14.9 Å². The van der Waals surface area contributed by atoms with E-state index in [9.17, 15) is 0 Å². The van der Waals surface area contributed by atoms with Gasteiger partial charge in [-0.05, 0) is 49.5 Å².